The van der Waals surface area contributed by atoms with E-state index in [1.807, 2.05) is 0 Å². The van der Waals surface area contributed by atoms with Gasteiger partial charge in [0.05, 0.1) is 11.6 Å². The first-order valence-electron chi connectivity index (χ1n) is 10.4. The molecule has 8 nitrogen and oxygen atoms in total. The normalized spacial score (nSPS) is 17.5. The van der Waals surface area contributed by atoms with Gasteiger partial charge in [-0.1, -0.05) is 18.2 Å². The molecule has 1 saturated heterocycles. The number of nitriles is 1. The number of rotatable bonds is 5. The van der Waals surface area contributed by atoms with Crippen molar-refractivity contribution in [1.29, 1.82) is 5.26 Å². The molecule has 0 spiro atoms. The molecule has 1 amide bonds. The first-order valence-corrected chi connectivity index (χ1v) is 10.4. The average Bonchev–Trinajstić information content (AvgIpc) is 2.96. The summed E-state index contributed by atoms with van der Waals surface area (Å²) >= 11 is 0. The Labute approximate surface area is 183 Å². The Hall–Kier alpha value is -3.48. The molecule has 0 radical (unpaired) electrons. The van der Waals surface area contributed by atoms with E-state index in [1.165, 1.54) is 10.6 Å². The standard InChI is InChI=1S/C23H23FN4O4/c1-28-19-11-15(4-6-20(19)32-23(28)30)17-5-3-14(10-18(17)24)9-16(12-25)27-22(29)21-13-26-7-2-8-31-21/h3-6,10-11,16,21,26H,2,7-9,13H2,1H3,(H,27,29)/t16-,21-/m0/s1. The van der Waals surface area contributed by atoms with Gasteiger partial charge in [0.15, 0.2) is 5.58 Å². The summed E-state index contributed by atoms with van der Waals surface area (Å²) in [6, 6.07) is 11.0. The number of halogens is 1. The second-order valence-electron chi connectivity index (χ2n) is 7.74. The van der Waals surface area contributed by atoms with E-state index < -0.39 is 23.7 Å². The van der Waals surface area contributed by atoms with Gasteiger partial charge in [-0.3, -0.25) is 9.36 Å². The van der Waals surface area contributed by atoms with E-state index in [9.17, 15) is 19.2 Å². The number of carbonyl (C=O) groups is 1. The smallest absolute Gasteiger partial charge is 0.408 e. The van der Waals surface area contributed by atoms with Crippen molar-refractivity contribution in [3.05, 3.63) is 58.3 Å². The first-order chi connectivity index (χ1) is 15.5. The Balaban J connectivity index is 1.49. The summed E-state index contributed by atoms with van der Waals surface area (Å²) in [6.07, 6.45) is 0.330. The predicted molar refractivity (Wildman–Crippen MR) is 115 cm³/mol. The molecule has 3 aromatic rings. The summed E-state index contributed by atoms with van der Waals surface area (Å²) in [6.45, 7) is 1.65. The Morgan fingerprint density at radius 2 is 2.22 bits per heavy atom. The topological polar surface area (TPSA) is 109 Å². The Morgan fingerprint density at radius 3 is 3.00 bits per heavy atom. The lowest BCUT2D eigenvalue weighted by atomic mass is 9.99. The van der Waals surface area contributed by atoms with Crippen LogP contribution in [0.4, 0.5) is 4.39 Å². The predicted octanol–water partition coefficient (Wildman–Crippen LogP) is 1.87. The summed E-state index contributed by atoms with van der Waals surface area (Å²) in [4.78, 5) is 24.1. The number of oxazole rings is 1. The first kappa shape index (κ1) is 21.7. The van der Waals surface area contributed by atoms with E-state index in [0.717, 1.165) is 13.0 Å². The third kappa shape index (κ3) is 4.56. The van der Waals surface area contributed by atoms with E-state index in [4.69, 9.17) is 9.15 Å². The van der Waals surface area contributed by atoms with Gasteiger partial charge >= 0.3 is 5.76 Å². The zero-order valence-corrected chi connectivity index (χ0v) is 17.6. The van der Waals surface area contributed by atoms with Crippen LogP contribution >= 0.6 is 0 Å². The minimum absolute atomic E-state index is 0.162. The molecular weight excluding hydrogens is 415 g/mol. The maximum absolute atomic E-state index is 14.9. The molecule has 2 heterocycles. The quantitative estimate of drug-likeness (QED) is 0.630. The van der Waals surface area contributed by atoms with Crippen molar-refractivity contribution in [2.24, 2.45) is 7.05 Å². The second kappa shape index (κ2) is 9.34. The van der Waals surface area contributed by atoms with Gasteiger partial charge in [0, 0.05) is 32.2 Å². The number of nitrogens with zero attached hydrogens (tertiary/aromatic N) is 2. The SMILES string of the molecule is Cn1c(=O)oc2ccc(-c3ccc(C[C@@H](C#N)NC(=O)[C@@H]4CNCCCO4)cc3F)cc21. The van der Waals surface area contributed by atoms with Gasteiger partial charge < -0.3 is 19.8 Å². The third-order valence-electron chi connectivity index (χ3n) is 5.49. The summed E-state index contributed by atoms with van der Waals surface area (Å²) in [7, 11) is 1.59. The third-order valence-corrected chi connectivity index (χ3v) is 5.49. The van der Waals surface area contributed by atoms with Gasteiger partial charge in [-0.05, 0) is 42.3 Å². The molecule has 2 atom stereocenters. The fraction of sp³-hybridized carbons (Fsp3) is 0.348. The van der Waals surface area contributed by atoms with Crippen LogP contribution < -0.4 is 16.4 Å². The van der Waals surface area contributed by atoms with Gasteiger partial charge in [-0.25, -0.2) is 9.18 Å². The van der Waals surface area contributed by atoms with E-state index in [0.29, 0.717) is 40.9 Å². The molecule has 166 valence electrons. The van der Waals surface area contributed by atoms with Crippen LogP contribution in [0.1, 0.15) is 12.0 Å². The van der Waals surface area contributed by atoms with Crippen LogP contribution in [0.15, 0.2) is 45.6 Å². The van der Waals surface area contributed by atoms with Crippen LogP contribution in [0.2, 0.25) is 0 Å². The molecule has 0 bridgehead atoms. The van der Waals surface area contributed by atoms with Gasteiger partial charge in [-0.15, -0.1) is 0 Å². The number of aromatic nitrogens is 1. The molecule has 0 unspecified atom stereocenters. The Bertz CT molecular complexity index is 1240. The molecule has 1 fully saturated rings. The van der Waals surface area contributed by atoms with Crippen molar-refractivity contribution in [2.75, 3.05) is 19.7 Å². The molecule has 1 aliphatic rings. The lowest BCUT2D eigenvalue weighted by Crippen LogP contribution is -2.46. The van der Waals surface area contributed by atoms with Crippen molar-refractivity contribution in [3.8, 4) is 17.2 Å². The highest BCUT2D eigenvalue weighted by molar-refractivity contribution is 5.82. The van der Waals surface area contributed by atoms with Crippen molar-refractivity contribution >= 4 is 17.0 Å². The molecule has 2 aromatic carbocycles. The number of carbonyl (C=O) groups excluding carboxylic acids is 1. The van der Waals surface area contributed by atoms with Crippen LogP contribution in [0, 0.1) is 17.1 Å². The number of fused-ring (bicyclic) bond motifs is 1. The molecular formula is C23H23FN4O4. The fourth-order valence-electron chi connectivity index (χ4n) is 3.73. The molecule has 2 N–H and O–H groups in total. The zero-order valence-electron chi connectivity index (χ0n) is 17.6. The average molecular weight is 438 g/mol. The number of hydrogen-bond acceptors (Lipinski definition) is 6. The summed E-state index contributed by atoms with van der Waals surface area (Å²) in [5.41, 5.74) is 2.54. The number of benzene rings is 2. The molecule has 0 saturated carbocycles. The van der Waals surface area contributed by atoms with Crippen molar-refractivity contribution in [3.63, 3.8) is 0 Å². The van der Waals surface area contributed by atoms with Crippen molar-refractivity contribution < 1.29 is 18.3 Å². The highest BCUT2D eigenvalue weighted by Crippen LogP contribution is 2.27. The Kier molecular flexibility index (Phi) is 6.35. The molecule has 9 heteroatoms. The lowest BCUT2D eigenvalue weighted by Gasteiger charge is -2.18. The van der Waals surface area contributed by atoms with E-state index >= 15 is 0 Å². The number of ether oxygens (including phenoxy) is 1. The number of amides is 1. The lowest BCUT2D eigenvalue weighted by molar-refractivity contribution is -0.132. The van der Waals surface area contributed by atoms with Gasteiger partial charge in [0.1, 0.15) is 18.0 Å². The van der Waals surface area contributed by atoms with Crippen LogP contribution in [-0.2, 0) is 23.0 Å². The molecule has 32 heavy (non-hydrogen) atoms. The molecule has 4 rings (SSSR count). The molecule has 0 aliphatic carbocycles. The number of nitrogens with one attached hydrogen (secondary N) is 2. The highest BCUT2D eigenvalue weighted by atomic mass is 19.1. The van der Waals surface area contributed by atoms with E-state index in [1.54, 1.807) is 37.4 Å². The molecule has 1 aromatic heterocycles. The monoisotopic (exact) mass is 438 g/mol. The van der Waals surface area contributed by atoms with Crippen LogP contribution in [0.25, 0.3) is 22.2 Å². The largest absolute Gasteiger partial charge is 0.419 e. The van der Waals surface area contributed by atoms with Crippen molar-refractivity contribution in [2.45, 2.75) is 25.0 Å². The van der Waals surface area contributed by atoms with E-state index in [-0.39, 0.29) is 12.3 Å². The van der Waals surface area contributed by atoms with Crippen LogP contribution in [0.3, 0.4) is 0 Å². The zero-order chi connectivity index (χ0) is 22.7. The van der Waals surface area contributed by atoms with Crippen LogP contribution in [0.5, 0.6) is 0 Å². The van der Waals surface area contributed by atoms with Gasteiger partial charge in [0.25, 0.3) is 5.91 Å². The number of hydrogen-bond donors (Lipinski definition) is 2. The van der Waals surface area contributed by atoms with Crippen LogP contribution in [-0.4, -0.2) is 42.3 Å². The maximum Gasteiger partial charge on any atom is 0.419 e. The van der Waals surface area contributed by atoms with Gasteiger partial charge in [0.2, 0.25) is 0 Å². The minimum Gasteiger partial charge on any atom is -0.408 e. The highest BCUT2D eigenvalue weighted by Gasteiger charge is 2.23. The van der Waals surface area contributed by atoms with E-state index in [2.05, 4.69) is 16.7 Å². The molecule has 1 aliphatic heterocycles. The fourth-order valence-corrected chi connectivity index (χ4v) is 3.73. The van der Waals surface area contributed by atoms with Crippen molar-refractivity contribution in [1.82, 2.24) is 15.2 Å². The summed E-state index contributed by atoms with van der Waals surface area (Å²) < 4.78 is 26.9. The summed E-state index contributed by atoms with van der Waals surface area (Å²) in [5.74, 6) is -1.31. The maximum atomic E-state index is 14.9. The minimum atomic E-state index is -0.809. The summed E-state index contributed by atoms with van der Waals surface area (Å²) in [5, 5.41) is 15.3. The van der Waals surface area contributed by atoms with Gasteiger partial charge in [-0.2, -0.15) is 5.26 Å². The second-order valence-corrected chi connectivity index (χ2v) is 7.74. The Morgan fingerprint density at radius 1 is 1.38 bits per heavy atom. The number of aryl methyl sites for hydroxylation is 1.